The summed E-state index contributed by atoms with van der Waals surface area (Å²) in [6.07, 6.45) is 0.331. The van der Waals surface area contributed by atoms with Crippen LogP contribution in [0.15, 0.2) is 24.4 Å². The van der Waals surface area contributed by atoms with Crippen LogP contribution in [0.1, 0.15) is 41.5 Å². The Hall–Kier alpha value is -3.07. The van der Waals surface area contributed by atoms with Crippen molar-refractivity contribution in [2.75, 3.05) is 10.2 Å². The van der Waals surface area contributed by atoms with Crippen molar-refractivity contribution in [3.8, 4) is 0 Å². The van der Waals surface area contributed by atoms with Gasteiger partial charge in [-0.25, -0.2) is 19.2 Å². The number of benzene rings is 1. The molecule has 1 aliphatic heterocycles. The Bertz CT molecular complexity index is 920. The lowest BCUT2D eigenvalue weighted by Gasteiger charge is -2.42. The van der Waals surface area contributed by atoms with Crippen LogP contribution in [0.2, 0.25) is 0 Å². The number of amides is 1. The van der Waals surface area contributed by atoms with E-state index in [0.717, 1.165) is 11.0 Å². The van der Waals surface area contributed by atoms with Crippen molar-refractivity contribution in [3.05, 3.63) is 47.0 Å². The van der Waals surface area contributed by atoms with Crippen molar-refractivity contribution < 1.29 is 24.2 Å². The second-order valence-electron chi connectivity index (χ2n) is 6.50. The smallest absolute Gasteiger partial charge is 0.338 e. The molecule has 3 atom stereocenters. The number of aryl methyl sites for hydroxylation is 1. The molecule has 0 saturated carbocycles. The molecule has 27 heavy (non-hydrogen) atoms. The van der Waals surface area contributed by atoms with Gasteiger partial charge in [-0.3, -0.25) is 9.69 Å². The van der Waals surface area contributed by atoms with Crippen molar-refractivity contribution in [1.82, 2.24) is 9.97 Å². The van der Waals surface area contributed by atoms with Gasteiger partial charge in [-0.1, -0.05) is 6.92 Å². The van der Waals surface area contributed by atoms with Crippen molar-refractivity contribution in [3.63, 3.8) is 0 Å². The standard InChI is InChI=1S/C18H19FN4O4/c1-8-4-5-20-18(21-8)22-15-9(2)16(25)23(10(3)24)14-7-13(19)11(17(26)27)6-12(14)15/h4-7,9,15-16,25H,1-3H3,(H,26,27)(H,20,21,22)/t9?,15?,16-/m0/s1. The minimum atomic E-state index is -1.42. The summed E-state index contributed by atoms with van der Waals surface area (Å²) in [4.78, 5) is 32.8. The van der Waals surface area contributed by atoms with Gasteiger partial charge >= 0.3 is 5.97 Å². The zero-order chi connectivity index (χ0) is 19.9. The fourth-order valence-electron chi connectivity index (χ4n) is 3.26. The molecule has 0 radical (unpaired) electrons. The number of aromatic carboxylic acids is 1. The van der Waals surface area contributed by atoms with Crippen molar-refractivity contribution in [2.45, 2.75) is 33.0 Å². The summed E-state index contributed by atoms with van der Waals surface area (Å²) in [6.45, 7) is 4.73. The van der Waals surface area contributed by atoms with Gasteiger partial charge in [0.1, 0.15) is 12.0 Å². The highest BCUT2D eigenvalue weighted by Crippen LogP contribution is 2.42. The number of halogens is 1. The van der Waals surface area contributed by atoms with E-state index in [2.05, 4.69) is 15.3 Å². The second-order valence-corrected chi connectivity index (χ2v) is 6.50. The molecule has 1 aromatic heterocycles. The number of carbonyl (C=O) groups excluding carboxylic acids is 1. The van der Waals surface area contributed by atoms with Crippen LogP contribution in [0.25, 0.3) is 0 Å². The first kappa shape index (κ1) is 18.7. The number of aliphatic hydroxyl groups excluding tert-OH is 1. The maximum Gasteiger partial charge on any atom is 0.338 e. The van der Waals surface area contributed by atoms with Crippen LogP contribution >= 0.6 is 0 Å². The summed E-state index contributed by atoms with van der Waals surface area (Å²) in [5.74, 6) is -3.16. The molecule has 2 heterocycles. The van der Waals surface area contributed by atoms with Gasteiger partial charge in [0, 0.05) is 24.7 Å². The predicted octanol–water partition coefficient (Wildman–Crippen LogP) is 2.10. The van der Waals surface area contributed by atoms with Gasteiger partial charge in [-0.15, -0.1) is 0 Å². The molecule has 1 amide bonds. The van der Waals surface area contributed by atoms with Crippen LogP contribution in [0.3, 0.4) is 0 Å². The minimum Gasteiger partial charge on any atom is -0.478 e. The fourth-order valence-corrected chi connectivity index (χ4v) is 3.26. The number of hydrogen-bond donors (Lipinski definition) is 3. The van der Waals surface area contributed by atoms with E-state index in [4.69, 9.17) is 0 Å². The normalized spacial score (nSPS) is 21.5. The molecule has 142 valence electrons. The molecule has 2 unspecified atom stereocenters. The Kier molecular flexibility index (Phi) is 4.79. The van der Waals surface area contributed by atoms with Crippen LogP contribution in [-0.2, 0) is 4.79 Å². The summed E-state index contributed by atoms with van der Waals surface area (Å²) in [5.41, 5.74) is 0.679. The molecule has 0 saturated heterocycles. The maximum absolute atomic E-state index is 14.3. The highest BCUT2D eigenvalue weighted by Gasteiger charge is 2.41. The molecule has 0 aliphatic carbocycles. The molecule has 9 heteroatoms. The molecule has 8 nitrogen and oxygen atoms in total. The monoisotopic (exact) mass is 374 g/mol. The lowest BCUT2D eigenvalue weighted by atomic mass is 9.85. The topological polar surface area (TPSA) is 116 Å². The van der Waals surface area contributed by atoms with Gasteiger partial charge in [0.2, 0.25) is 11.9 Å². The number of rotatable bonds is 3. The van der Waals surface area contributed by atoms with E-state index >= 15 is 0 Å². The molecule has 0 bridgehead atoms. The highest BCUT2D eigenvalue weighted by molar-refractivity contribution is 5.95. The minimum absolute atomic E-state index is 0.112. The SMILES string of the molecule is CC(=O)N1c2cc(F)c(C(=O)O)cc2C(Nc2nccc(C)n2)C(C)[C@@H]1O. The van der Waals surface area contributed by atoms with Crippen LogP contribution in [0, 0.1) is 18.7 Å². The Morgan fingerprint density at radius 2 is 2.04 bits per heavy atom. The van der Waals surface area contributed by atoms with Gasteiger partial charge in [-0.05, 0) is 30.7 Å². The quantitative estimate of drug-likeness (QED) is 0.753. The summed E-state index contributed by atoms with van der Waals surface area (Å²) in [5, 5.41) is 22.9. The Balaban J connectivity index is 2.16. The molecule has 0 fully saturated rings. The Morgan fingerprint density at radius 3 is 2.63 bits per heavy atom. The fraction of sp³-hybridized carbons (Fsp3) is 0.333. The molecule has 3 N–H and O–H groups in total. The van der Waals surface area contributed by atoms with Crippen molar-refractivity contribution in [2.24, 2.45) is 5.92 Å². The molecular formula is C18H19FN4O4. The van der Waals surface area contributed by atoms with Crippen LogP contribution < -0.4 is 10.2 Å². The first-order valence-electron chi connectivity index (χ1n) is 8.31. The molecule has 0 spiro atoms. The van der Waals surface area contributed by atoms with Crippen LogP contribution in [0.5, 0.6) is 0 Å². The molecular weight excluding hydrogens is 355 g/mol. The molecule has 1 aromatic carbocycles. The van der Waals surface area contributed by atoms with Gasteiger partial charge in [0.05, 0.1) is 17.3 Å². The average molecular weight is 374 g/mol. The van der Waals surface area contributed by atoms with Crippen molar-refractivity contribution in [1.29, 1.82) is 0 Å². The predicted molar refractivity (Wildman–Crippen MR) is 94.8 cm³/mol. The molecule has 3 rings (SSSR count). The summed E-state index contributed by atoms with van der Waals surface area (Å²) < 4.78 is 14.3. The van der Waals surface area contributed by atoms with Crippen LogP contribution in [-0.4, -0.2) is 38.3 Å². The van der Waals surface area contributed by atoms with Gasteiger partial charge in [0.25, 0.3) is 0 Å². The van der Waals surface area contributed by atoms with E-state index < -0.39 is 41.4 Å². The van der Waals surface area contributed by atoms with E-state index in [1.807, 2.05) is 0 Å². The van der Waals surface area contributed by atoms with E-state index in [1.165, 1.54) is 13.0 Å². The number of aliphatic hydroxyl groups is 1. The van der Waals surface area contributed by atoms with Gasteiger partial charge in [-0.2, -0.15) is 0 Å². The number of hydrogen-bond acceptors (Lipinski definition) is 6. The summed E-state index contributed by atoms with van der Waals surface area (Å²) in [6, 6.07) is 3.22. The number of aromatic nitrogens is 2. The summed E-state index contributed by atoms with van der Waals surface area (Å²) in [7, 11) is 0. The zero-order valence-electron chi connectivity index (χ0n) is 15.0. The van der Waals surface area contributed by atoms with Gasteiger partial charge in [0.15, 0.2) is 0 Å². The Morgan fingerprint density at radius 1 is 1.33 bits per heavy atom. The number of nitrogens with zero attached hydrogens (tertiary/aromatic N) is 3. The third-order valence-electron chi connectivity index (χ3n) is 4.62. The summed E-state index contributed by atoms with van der Waals surface area (Å²) >= 11 is 0. The van der Waals surface area contributed by atoms with E-state index in [9.17, 15) is 24.2 Å². The maximum atomic E-state index is 14.3. The number of nitrogens with one attached hydrogen (secondary N) is 1. The highest BCUT2D eigenvalue weighted by atomic mass is 19.1. The van der Waals surface area contributed by atoms with E-state index in [-0.39, 0.29) is 11.6 Å². The largest absolute Gasteiger partial charge is 0.478 e. The third kappa shape index (κ3) is 3.33. The lowest BCUT2D eigenvalue weighted by molar-refractivity contribution is -0.119. The Labute approximate surface area is 154 Å². The number of fused-ring (bicyclic) bond motifs is 1. The number of carbonyl (C=O) groups is 2. The van der Waals surface area contributed by atoms with E-state index in [0.29, 0.717) is 11.3 Å². The van der Waals surface area contributed by atoms with Gasteiger partial charge < -0.3 is 15.5 Å². The zero-order valence-corrected chi connectivity index (χ0v) is 15.0. The third-order valence-corrected chi connectivity index (χ3v) is 4.62. The second kappa shape index (κ2) is 6.92. The average Bonchev–Trinajstić information content (AvgIpc) is 2.58. The first-order chi connectivity index (χ1) is 12.7. The molecule has 1 aliphatic rings. The number of carboxylic acid groups (broad SMARTS) is 1. The molecule has 2 aromatic rings. The van der Waals surface area contributed by atoms with Crippen LogP contribution in [0.4, 0.5) is 16.0 Å². The van der Waals surface area contributed by atoms with E-state index in [1.54, 1.807) is 26.1 Å². The van der Waals surface area contributed by atoms with Crippen molar-refractivity contribution >= 4 is 23.5 Å². The lowest BCUT2D eigenvalue weighted by Crippen LogP contribution is -2.50. The number of carboxylic acids is 1. The number of anilines is 2. The first-order valence-corrected chi connectivity index (χ1v) is 8.31.